The smallest absolute Gasteiger partial charge is 0.110 e. The van der Waals surface area contributed by atoms with Crippen molar-refractivity contribution in [2.24, 2.45) is 5.92 Å². The maximum absolute atomic E-state index is 8.70. The summed E-state index contributed by atoms with van der Waals surface area (Å²) >= 11 is 0. The SMILES string of the molecule is C[N+]12CCC(CC1)C(OCCO)C2. The van der Waals surface area contributed by atoms with E-state index in [1.54, 1.807) is 0 Å². The molecule has 0 saturated carbocycles. The van der Waals surface area contributed by atoms with Gasteiger partial charge in [0.2, 0.25) is 0 Å². The van der Waals surface area contributed by atoms with Crippen LogP contribution in [0.4, 0.5) is 0 Å². The number of fused-ring (bicyclic) bond motifs is 3. The molecule has 2 bridgehead atoms. The highest BCUT2D eigenvalue weighted by Crippen LogP contribution is 2.33. The minimum Gasteiger partial charge on any atom is -0.394 e. The van der Waals surface area contributed by atoms with Crippen LogP contribution in [0.15, 0.2) is 0 Å². The van der Waals surface area contributed by atoms with Crippen molar-refractivity contribution in [1.82, 2.24) is 0 Å². The Morgan fingerprint density at radius 3 is 2.62 bits per heavy atom. The average molecular weight is 186 g/mol. The molecule has 0 aromatic carbocycles. The van der Waals surface area contributed by atoms with Crippen molar-refractivity contribution in [2.45, 2.75) is 18.9 Å². The summed E-state index contributed by atoms with van der Waals surface area (Å²) in [7, 11) is 2.32. The highest BCUT2D eigenvalue weighted by molar-refractivity contribution is 4.79. The van der Waals surface area contributed by atoms with Gasteiger partial charge in [0, 0.05) is 18.8 Å². The van der Waals surface area contributed by atoms with Crippen LogP contribution in [0.1, 0.15) is 12.8 Å². The summed E-state index contributed by atoms with van der Waals surface area (Å²) in [6.45, 7) is 4.48. The predicted molar refractivity (Wildman–Crippen MR) is 50.3 cm³/mol. The fourth-order valence-corrected chi connectivity index (χ4v) is 2.74. The molecular formula is C10H20NO2+. The molecule has 3 aliphatic rings. The van der Waals surface area contributed by atoms with Crippen molar-refractivity contribution in [3.05, 3.63) is 0 Å². The van der Waals surface area contributed by atoms with E-state index in [1.807, 2.05) is 0 Å². The summed E-state index contributed by atoms with van der Waals surface area (Å²) in [5, 5.41) is 8.70. The summed E-state index contributed by atoms with van der Waals surface area (Å²) in [4.78, 5) is 0. The van der Waals surface area contributed by atoms with Gasteiger partial charge in [-0.05, 0) is 0 Å². The van der Waals surface area contributed by atoms with E-state index >= 15 is 0 Å². The molecule has 0 spiro atoms. The summed E-state index contributed by atoms with van der Waals surface area (Å²) in [5.41, 5.74) is 0. The van der Waals surface area contributed by atoms with Crippen molar-refractivity contribution >= 4 is 0 Å². The Labute approximate surface area is 79.9 Å². The molecule has 3 heteroatoms. The molecular weight excluding hydrogens is 166 g/mol. The van der Waals surface area contributed by atoms with Gasteiger partial charge in [-0.2, -0.15) is 0 Å². The normalized spacial score (nSPS) is 43.8. The molecule has 13 heavy (non-hydrogen) atoms. The summed E-state index contributed by atoms with van der Waals surface area (Å²) < 4.78 is 6.85. The molecule has 1 atom stereocenters. The summed E-state index contributed by atoms with van der Waals surface area (Å²) in [5.74, 6) is 0.770. The van der Waals surface area contributed by atoms with E-state index in [0.29, 0.717) is 12.7 Å². The third kappa shape index (κ3) is 1.87. The van der Waals surface area contributed by atoms with Crippen molar-refractivity contribution in [3.63, 3.8) is 0 Å². The zero-order valence-corrected chi connectivity index (χ0v) is 8.41. The first kappa shape index (κ1) is 9.44. The molecule has 0 aromatic heterocycles. The zero-order chi connectivity index (χ0) is 9.31. The molecule has 3 fully saturated rings. The molecule has 0 aromatic rings. The number of ether oxygens (including phenoxy) is 1. The van der Waals surface area contributed by atoms with Gasteiger partial charge in [-0.1, -0.05) is 0 Å². The largest absolute Gasteiger partial charge is 0.394 e. The first-order chi connectivity index (χ1) is 6.23. The minimum atomic E-state index is 0.160. The van der Waals surface area contributed by atoms with Crippen molar-refractivity contribution < 1.29 is 14.3 Å². The number of quaternary nitrogens is 1. The Balaban J connectivity index is 1.91. The Morgan fingerprint density at radius 2 is 2.08 bits per heavy atom. The predicted octanol–water partition coefficient (Wildman–Crippen LogP) is 0.234. The number of likely N-dealkylation sites (N-methyl/N-ethyl adjacent to an activating group) is 1. The van der Waals surface area contributed by atoms with E-state index in [-0.39, 0.29) is 6.61 Å². The molecule has 3 nitrogen and oxygen atoms in total. The van der Waals surface area contributed by atoms with Gasteiger partial charge in [0.05, 0.1) is 33.4 Å². The Bertz CT molecular complexity index is 176. The quantitative estimate of drug-likeness (QED) is 0.640. The Kier molecular flexibility index (Phi) is 2.58. The molecule has 0 aliphatic carbocycles. The van der Waals surface area contributed by atoms with Crippen LogP contribution in [0.5, 0.6) is 0 Å². The molecule has 0 radical (unpaired) electrons. The lowest BCUT2D eigenvalue weighted by molar-refractivity contribution is -0.928. The van der Waals surface area contributed by atoms with Gasteiger partial charge >= 0.3 is 0 Å². The Hall–Kier alpha value is -0.120. The monoisotopic (exact) mass is 186 g/mol. The van der Waals surface area contributed by atoms with Crippen LogP contribution in [0.2, 0.25) is 0 Å². The van der Waals surface area contributed by atoms with Gasteiger partial charge < -0.3 is 14.3 Å². The van der Waals surface area contributed by atoms with Gasteiger partial charge in [-0.15, -0.1) is 0 Å². The third-order valence-corrected chi connectivity index (χ3v) is 3.65. The van der Waals surface area contributed by atoms with E-state index in [9.17, 15) is 0 Å². The van der Waals surface area contributed by atoms with Gasteiger partial charge in [-0.3, -0.25) is 0 Å². The van der Waals surface area contributed by atoms with E-state index < -0.39 is 0 Å². The fraction of sp³-hybridized carbons (Fsp3) is 1.00. The lowest BCUT2D eigenvalue weighted by atomic mass is 9.84. The molecule has 1 N–H and O–H groups in total. The second kappa shape index (κ2) is 3.56. The van der Waals surface area contributed by atoms with Gasteiger partial charge in [-0.25, -0.2) is 0 Å². The van der Waals surface area contributed by atoms with Crippen molar-refractivity contribution in [1.29, 1.82) is 0 Å². The van der Waals surface area contributed by atoms with Crippen molar-refractivity contribution in [3.8, 4) is 0 Å². The molecule has 3 rings (SSSR count). The molecule has 0 amide bonds. The summed E-state index contributed by atoms with van der Waals surface area (Å²) in [6, 6.07) is 0. The second-order valence-corrected chi connectivity index (χ2v) is 4.72. The van der Waals surface area contributed by atoms with Crippen LogP contribution in [-0.2, 0) is 4.74 Å². The van der Waals surface area contributed by atoms with Crippen LogP contribution < -0.4 is 0 Å². The van der Waals surface area contributed by atoms with E-state index in [0.717, 1.165) is 12.5 Å². The minimum absolute atomic E-state index is 0.160. The van der Waals surface area contributed by atoms with Crippen LogP contribution in [0, 0.1) is 5.92 Å². The van der Waals surface area contributed by atoms with Crippen LogP contribution in [0.25, 0.3) is 0 Å². The maximum atomic E-state index is 8.70. The highest BCUT2D eigenvalue weighted by atomic mass is 16.5. The molecule has 3 aliphatic heterocycles. The van der Waals surface area contributed by atoms with Crippen molar-refractivity contribution in [2.75, 3.05) is 39.9 Å². The van der Waals surface area contributed by atoms with Gasteiger partial charge in [0.15, 0.2) is 0 Å². The zero-order valence-electron chi connectivity index (χ0n) is 8.41. The van der Waals surface area contributed by atoms with Crippen LogP contribution in [0.3, 0.4) is 0 Å². The fourth-order valence-electron chi connectivity index (χ4n) is 2.74. The standard InChI is InChI=1S/C10H20NO2/c1-11-4-2-9(3-5-11)10(8-11)13-7-6-12/h9-10,12H,2-8H2,1H3/q+1. The van der Waals surface area contributed by atoms with Crippen LogP contribution in [-0.4, -0.2) is 55.6 Å². The van der Waals surface area contributed by atoms with Gasteiger partial charge in [0.25, 0.3) is 0 Å². The lowest BCUT2D eigenvalue weighted by Crippen LogP contribution is -2.62. The molecule has 76 valence electrons. The maximum Gasteiger partial charge on any atom is 0.110 e. The van der Waals surface area contributed by atoms with E-state index in [4.69, 9.17) is 9.84 Å². The number of hydrogen-bond donors (Lipinski definition) is 1. The number of hydrogen-bond acceptors (Lipinski definition) is 2. The number of aliphatic hydroxyl groups excluding tert-OH is 1. The number of nitrogens with zero attached hydrogens (tertiary/aromatic N) is 1. The van der Waals surface area contributed by atoms with Crippen LogP contribution >= 0.6 is 0 Å². The second-order valence-electron chi connectivity index (χ2n) is 4.72. The lowest BCUT2D eigenvalue weighted by Gasteiger charge is -2.50. The highest BCUT2D eigenvalue weighted by Gasteiger charge is 2.43. The number of piperidine rings is 3. The van der Waals surface area contributed by atoms with Gasteiger partial charge in [0.1, 0.15) is 12.6 Å². The van der Waals surface area contributed by atoms with E-state index in [2.05, 4.69) is 7.05 Å². The number of aliphatic hydroxyl groups is 1. The first-order valence-electron chi connectivity index (χ1n) is 5.29. The average Bonchev–Trinajstić information content (AvgIpc) is 2.15. The molecule has 3 saturated heterocycles. The van der Waals surface area contributed by atoms with E-state index in [1.165, 1.54) is 30.4 Å². The first-order valence-corrected chi connectivity index (χ1v) is 5.29. The third-order valence-electron chi connectivity index (χ3n) is 3.65. The molecule has 3 heterocycles. The Morgan fingerprint density at radius 1 is 1.38 bits per heavy atom. The summed E-state index contributed by atoms with van der Waals surface area (Å²) in [6.07, 6.45) is 3.04. The topological polar surface area (TPSA) is 29.5 Å². The number of rotatable bonds is 3. The molecule has 1 unspecified atom stereocenters.